The van der Waals surface area contributed by atoms with Gasteiger partial charge in [0.15, 0.2) is 0 Å². The molecule has 44 nitrogen and oxygen atoms in total. The summed E-state index contributed by atoms with van der Waals surface area (Å²) >= 11 is 0.690. The normalized spacial score (nSPS) is 24.8. The van der Waals surface area contributed by atoms with Gasteiger partial charge in [0, 0.05) is 106 Å². The highest BCUT2D eigenvalue weighted by Gasteiger charge is 2.47. The van der Waals surface area contributed by atoms with E-state index in [1.165, 1.54) is 63.1 Å². The number of carbonyl (C=O) groups excluding carboxylic acids is 17. The number of aromatic hydroxyl groups is 1. The molecule has 0 saturated carbocycles. The number of thioether (sulfide) groups is 1. The Hall–Kier alpha value is -13.3. The number of nitrogens with two attached hydrogens (primary N) is 3. The second kappa shape index (κ2) is 50.7. The number of aliphatic hydroxyl groups is 2. The van der Waals surface area contributed by atoms with Gasteiger partial charge in [-0.05, 0) is 105 Å². The second-order valence-corrected chi connectivity index (χ2v) is 35.6. The van der Waals surface area contributed by atoms with Gasteiger partial charge in [0.1, 0.15) is 96.9 Å². The summed E-state index contributed by atoms with van der Waals surface area (Å²) in [5.74, 6) is -21.6. The number of carboxylic acids is 2. The Morgan fingerprint density at radius 2 is 1.11 bits per heavy atom. The Labute approximate surface area is 783 Å². The first-order valence-electron chi connectivity index (χ1n) is 45.0. The zero-order valence-corrected chi connectivity index (χ0v) is 77.6. The molecule has 135 heavy (non-hydrogen) atoms. The summed E-state index contributed by atoms with van der Waals surface area (Å²) in [6.45, 7) is 4.80. The number of rotatable bonds is 27. The molecule has 3 aromatic carbocycles. The van der Waals surface area contributed by atoms with Crippen molar-refractivity contribution in [1.29, 1.82) is 0 Å². The van der Waals surface area contributed by atoms with Crippen LogP contribution in [0.2, 0.25) is 0 Å². The van der Waals surface area contributed by atoms with Crippen molar-refractivity contribution in [3.05, 3.63) is 102 Å². The molecular weight excluding hydrogens is 1780 g/mol. The Kier molecular flexibility index (Phi) is 40.2. The van der Waals surface area contributed by atoms with Crippen molar-refractivity contribution in [2.24, 2.45) is 23.1 Å². The quantitative estimate of drug-likeness (QED) is 0.0244. The zero-order chi connectivity index (χ0) is 99.4. The summed E-state index contributed by atoms with van der Waals surface area (Å²) in [7, 11) is 3.73. The number of H-pyrrole nitrogens is 1. The number of phenolic OH excluding ortho intramolecular Hbond substituents is 1. The lowest BCUT2D eigenvalue weighted by Crippen LogP contribution is -2.61. The number of aromatic nitrogens is 2. The average Bonchev–Trinajstić information content (AvgIpc) is 1.68. The van der Waals surface area contributed by atoms with E-state index in [4.69, 9.17) is 17.2 Å². The van der Waals surface area contributed by atoms with Crippen molar-refractivity contribution in [2.75, 3.05) is 65.4 Å². The molecule has 0 bridgehead atoms. The highest BCUT2D eigenvalue weighted by Crippen LogP contribution is 2.29. The van der Waals surface area contributed by atoms with E-state index in [0.717, 1.165) is 24.5 Å². The van der Waals surface area contributed by atoms with E-state index in [2.05, 4.69) is 58.2 Å². The smallest absolute Gasteiger partial charge is 0.323 e. The SMILES string of the molecule is CCCC[C@H]1C(=O)N(C)[C@@H](CCCC)C(=O)N[C@@H](CCC(=O)O)C(=O)N[C@H](C(=O)NCC(N)=O)CSCC(=O)N[C@@H](Cc2ccc(O)cc2)C(=O)N(C)[C@@H](C)C(=O)N[C@H](CC(N)=O)C(=O)N2CCC[C@H]2C(=O)N[C@@H](CO)C(=O)N[C@@H](CC(C)C)C(=O)N2C[C@H](O)C[C@H]2C(=O)N[C@@H](Cc2c[nH]c3ccccc23)C(=O)N[C@@H](CCN)C(=O)N[C@@H](Cc2cn(CC(=O)O)c3ccccc23)C(=O)N1C. The molecule has 3 aliphatic rings. The van der Waals surface area contributed by atoms with Crippen LogP contribution in [0.4, 0.5) is 0 Å². The summed E-state index contributed by atoms with van der Waals surface area (Å²) in [5.41, 5.74) is 19.5. The molecule has 17 amide bonds. The van der Waals surface area contributed by atoms with E-state index >= 15 is 33.6 Å². The van der Waals surface area contributed by atoms with E-state index in [0.29, 0.717) is 63.1 Å². The van der Waals surface area contributed by atoms with Crippen molar-refractivity contribution < 1.29 is 117 Å². The van der Waals surface area contributed by atoms with Gasteiger partial charge >= 0.3 is 11.9 Å². The van der Waals surface area contributed by atoms with Crippen LogP contribution in [0.3, 0.4) is 0 Å². The molecule has 22 N–H and O–H groups in total. The van der Waals surface area contributed by atoms with E-state index in [-0.39, 0.29) is 83.0 Å². The van der Waals surface area contributed by atoms with Gasteiger partial charge in [-0.25, -0.2) is 0 Å². The molecule has 736 valence electrons. The van der Waals surface area contributed by atoms with Crippen molar-refractivity contribution in [3.8, 4) is 5.75 Å². The van der Waals surface area contributed by atoms with Crippen molar-refractivity contribution in [2.45, 2.75) is 241 Å². The van der Waals surface area contributed by atoms with Gasteiger partial charge < -0.3 is 130 Å². The first-order chi connectivity index (χ1) is 64.1. The van der Waals surface area contributed by atoms with Crippen LogP contribution in [0.25, 0.3) is 21.8 Å². The number of hydrogen-bond acceptors (Lipinski definition) is 24. The van der Waals surface area contributed by atoms with Gasteiger partial charge in [-0.1, -0.05) is 102 Å². The Bertz CT molecular complexity index is 5130. The van der Waals surface area contributed by atoms with Crippen LogP contribution in [0.1, 0.15) is 141 Å². The molecule has 45 heteroatoms. The van der Waals surface area contributed by atoms with Crippen molar-refractivity contribution in [3.63, 3.8) is 0 Å². The maximum atomic E-state index is 15.9. The summed E-state index contributed by atoms with van der Waals surface area (Å²) in [6.07, 6.45) is -1.36. The largest absolute Gasteiger partial charge is 0.508 e. The molecule has 2 aromatic heterocycles. The van der Waals surface area contributed by atoms with Crippen LogP contribution >= 0.6 is 11.8 Å². The number of amides is 17. The third-order valence-electron chi connectivity index (χ3n) is 24.0. The van der Waals surface area contributed by atoms with Gasteiger partial charge in [0.05, 0.1) is 31.4 Å². The topological polar surface area (TPSA) is 661 Å². The minimum Gasteiger partial charge on any atom is -0.508 e. The number of fused-ring (bicyclic) bond motifs is 4. The fourth-order valence-electron chi connectivity index (χ4n) is 16.6. The number of aromatic amines is 1. The molecule has 8 rings (SSSR count). The molecule has 3 saturated heterocycles. The lowest BCUT2D eigenvalue weighted by molar-refractivity contribution is -0.149. The lowest BCUT2D eigenvalue weighted by Gasteiger charge is -2.36. The predicted molar refractivity (Wildman–Crippen MR) is 490 cm³/mol. The third-order valence-corrected chi connectivity index (χ3v) is 25.0. The monoisotopic (exact) mass is 1900 g/mol. The molecule has 3 fully saturated rings. The van der Waals surface area contributed by atoms with E-state index < -0.39 is 279 Å². The van der Waals surface area contributed by atoms with Gasteiger partial charge in [-0.15, -0.1) is 11.8 Å². The summed E-state index contributed by atoms with van der Waals surface area (Å²) in [4.78, 5) is 282. The number of carbonyl (C=O) groups is 19. The fourth-order valence-corrected chi connectivity index (χ4v) is 17.5. The van der Waals surface area contributed by atoms with Gasteiger partial charge in [0.25, 0.3) is 0 Å². The van der Waals surface area contributed by atoms with Gasteiger partial charge in [0.2, 0.25) is 100 Å². The molecule has 0 spiro atoms. The number of hydrogen-bond donors (Lipinski definition) is 19. The number of aliphatic carboxylic acids is 2. The lowest BCUT2D eigenvalue weighted by atomic mass is 9.99. The molecule has 3 aliphatic heterocycles. The zero-order valence-electron chi connectivity index (χ0n) is 76.8. The second-order valence-electron chi connectivity index (χ2n) is 34.6. The van der Waals surface area contributed by atoms with Crippen LogP contribution in [0, 0.1) is 5.92 Å². The standard InChI is InChI=1S/C90H126N20O24S/c1-9-11-21-68-83(127)98-58(29-30-75(117)118)79(123)104-66(78(122)95-41-73(93)115)46-135-47-74(116)96-62(35-50-25-27-53(112)28-26-50)86(130)105(6)49(5)77(121)100-64(39-72(92)114)88(132)109-33-17-24-69(109)84(128)103-65(45-111)82(126)101-61(34-48(3)4)89(133)110-43-54(113)38-71(110)85(129)99-60(36-51-40-94-57-20-15-13-18-55(51)57)81(125)97-59(31-32-91)80(124)102-63(87(131)107(8)70(22-12-10-2)90(134)106(68)7)37-52-42-108(44-76(119)120)67-23-16-14-19-56(52)67/h13-16,18-20,23,25-28,40,42,48-49,54,58-66,68-71,94,111-113H,9-12,17,21-22,24,29-39,41,43-47,91H2,1-8H3,(H2,92,114)(H2,93,115)(H,95,122)(H,96,116)(H,97,125)(H,98,127)(H,99,129)(H,100,121)(H,101,126)(H,102,124)(H,103,128)(H,104,123)(H,117,118)(H,119,120)/t49-,54+,58-,59-,60-,61-,62-,63-,64+,65-,66-,68-,69-,70-,71-/m0/s1. The first kappa shape index (κ1) is 107. The summed E-state index contributed by atoms with van der Waals surface area (Å²) in [6, 6.07) is -3.94. The van der Waals surface area contributed by atoms with Crippen LogP contribution in [-0.2, 0) is 117 Å². The van der Waals surface area contributed by atoms with Gasteiger partial charge in [-0.3, -0.25) is 91.1 Å². The maximum absolute atomic E-state index is 15.9. The van der Waals surface area contributed by atoms with Gasteiger partial charge in [-0.2, -0.15) is 0 Å². The number of nitrogens with one attached hydrogen (secondary N) is 11. The molecule has 0 unspecified atom stereocenters. The third kappa shape index (κ3) is 29.8. The number of unbranched alkanes of at least 4 members (excludes halogenated alkanes) is 2. The van der Waals surface area contributed by atoms with E-state index in [1.54, 1.807) is 82.4 Å². The number of para-hydroxylation sites is 2. The highest BCUT2D eigenvalue weighted by molar-refractivity contribution is 8.00. The van der Waals surface area contributed by atoms with Crippen LogP contribution in [0.5, 0.6) is 5.75 Å². The number of benzene rings is 3. The Balaban J connectivity index is 1.21. The van der Waals surface area contributed by atoms with Crippen LogP contribution < -0.4 is 70.4 Å². The molecule has 15 atom stereocenters. The fraction of sp³-hybridized carbons (Fsp3) is 0.544. The van der Waals surface area contributed by atoms with E-state index in [9.17, 15) is 83.1 Å². The average molecular weight is 1900 g/mol. The minimum atomic E-state index is -1.85. The molecular formula is C90H126N20O24S. The first-order valence-corrected chi connectivity index (χ1v) is 46.1. The van der Waals surface area contributed by atoms with E-state index in [1.807, 2.05) is 0 Å². The molecule has 0 radical (unpaired) electrons. The summed E-state index contributed by atoms with van der Waals surface area (Å²) in [5, 5.41) is 79.2. The number of nitrogens with zero attached hydrogens (tertiary/aromatic N) is 6. The molecule has 5 aromatic rings. The predicted octanol–water partition coefficient (Wildman–Crippen LogP) is -3.39. The van der Waals surface area contributed by atoms with Crippen LogP contribution in [0.15, 0.2) is 85.2 Å². The molecule has 5 heterocycles. The number of carboxylic acid groups (broad SMARTS) is 2. The summed E-state index contributed by atoms with van der Waals surface area (Å²) < 4.78 is 1.41. The number of phenols is 1. The number of primary amides is 2. The Morgan fingerprint density at radius 1 is 0.556 bits per heavy atom. The van der Waals surface area contributed by atoms with Crippen molar-refractivity contribution in [1.82, 2.24) is 87.2 Å². The number of aliphatic hydroxyl groups excluding tert-OH is 2. The number of likely N-dealkylation sites (N-methyl/N-ethyl adjacent to an activating group) is 3. The highest BCUT2D eigenvalue weighted by atomic mass is 32.2. The van der Waals surface area contributed by atoms with Crippen LogP contribution in [-0.4, -0.2) is 328 Å². The Morgan fingerprint density at radius 3 is 1.76 bits per heavy atom. The maximum Gasteiger partial charge on any atom is 0.323 e. The molecule has 0 aliphatic carbocycles. The minimum absolute atomic E-state index is 0.0736. The van der Waals surface area contributed by atoms with Crippen molar-refractivity contribution >= 4 is 146 Å².